The SMILES string of the molecule is NS(=O)(=O)c1cc(-c2ccc3c(c2)S(=O)(=O)OS3(=O)=O)ccc1S. The van der Waals surface area contributed by atoms with Gasteiger partial charge in [-0.3, -0.25) is 0 Å². The smallest absolute Gasteiger partial charge is 0.225 e. The molecule has 3 rings (SSSR count). The standard InChI is InChI=1S/C12H9NO7S4/c13-22(14,15)11-5-7(1-3-9(11)21)8-2-4-10-12(6-8)24(18,19)20-23(10,16)17/h1-6,21H,(H2,13,14,15). The van der Waals surface area contributed by atoms with Crippen molar-refractivity contribution in [1.82, 2.24) is 0 Å². The Morgan fingerprint density at radius 3 is 2.04 bits per heavy atom. The molecule has 0 atom stereocenters. The molecular weight excluding hydrogens is 398 g/mol. The first-order chi connectivity index (χ1) is 10.9. The van der Waals surface area contributed by atoms with E-state index >= 15 is 0 Å². The van der Waals surface area contributed by atoms with Crippen LogP contribution in [0.25, 0.3) is 11.1 Å². The fourth-order valence-corrected chi connectivity index (χ4v) is 6.64. The number of primary sulfonamides is 1. The van der Waals surface area contributed by atoms with Crippen molar-refractivity contribution in [3.63, 3.8) is 0 Å². The zero-order valence-electron chi connectivity index (χ0n) is 11.6. The van der Waals surface area contributed by atoms with Crippen molar-refractivity contribution in [2.24, 2.45) is 5.14 Å². The van der Waals surface area contributed by atoms with Gasteiger partial charge in [-0.05, 0) is 35.4 Å². The number of fused-ring (bicyclic) bond motifs is 1. The van der Waals surface area contributed by atoms with E-state index in [2.05, 4.69) is 16.3 Å². The highest BCUT2D eigenvalue weighted by Crippen LogP contribution is 2.37. The van der Waals surface area contributed by atoms with Crippen LogP contribution in [0.3, 0.4) is 0 Å². The third kappa shape index (κ3) is 2.85. The Balaban J connectivity index is 2.25. The van der Waals surface area contributed by atoms with E-state index in [0.717, 1.165) is 12.1 Å². The molecule has 0 aromatic heterocycles. The van der Waals surface area contributed by atoms with E-state index in [-0.39, 0.29) is 15.4 Å². The van der Waals surface area contributed by atoms with Crippen LogP contribution in [-0.2, 0) is 33.9 Å². The molecule has 0 unspecified atom stereocenters. The van der Waals surface area contributed by atoms with Crippen LogP contribution in [0.5, 0.6) is 0 Å². The maximum absolute atomic E-state index is 11.8. The van der Waals surface area contributed by atoms with E-state index in [1.54, 1.807) is 0 Å². The zero-order valence-corrected chi connectivity index (χ0v) is 14.9. The molecule has 1 aliphatic rings. The van der Waals surface area contributed by atoms with E-state index in [1.807, 2.05) is 0 Å². The molecule has 0 amide bonds. The minimum atomic E-state index is -4.44. The van der Waals surface area contributed by atoms with Gasteiger partial charge < -0.3 is 0 Å². The van der Waals surface area contributed by atoms with Gasteiger partial charge in [-0.1, -0.05) is 12.1 Å². The molecule has 0 radical (unpaired) electrons. The molecule has 24 heavy (non-hydrogen) atoms. The summed E-state index contributed by atoms with van der Waals surface area (Å²) < 4.78 is 74.1. The lowest BCUT2D eigenvalue weighted by molar-refractivity contribution is 0.475. The number of benzene rings is 2. The minimum Gasteiger partial charge on any atom is -0.225 e. The van der Waals surface area contributed by atoms with Crippen molar-refractivity contribution in [3.8, 4) is 11.1 Å². The zero-order chi connectivity index (χ0) is 17.9. The predicted molar refractivity (Wildman–Crippen MR) is 86.0 cm³/mol. The molecule has 12 heteroatoms. The molecule has 128 valence electrons. The van der Waals surface area contributed by atoms with Gasteiger partial charge in [0.2, 0.25) is 10.0 Å². The molecule has 0 aliphatic carbocycles. The predicted octanol–water partition coefficient (Wildman–Crippen LogP) is 0.697. The quantitative estimate of drug-likeness (QED) is 0.699. The average Bonchev–Trinajstić information content (AvgIpc) is 2.63. The molecular formula is C12H9NO7S4. The summed E-state index contributed by atoms with van der Waals surface area (Å²) in [4.78, 5) is -1.09. The number of rotatable bonds is 2. The molecule has 0 saturated heterocycles. The molecule has 0 fully saturated rings. The Kier molecular flexibility index (Phi) is 3.82. The van der Waals surface area contributed by atoms with Crippen molar-refractivity contribution in [2.75, 3.05) is 0 Å². The molecule has 0 spiro atoms. The van der Waals surface area contributed by atoms with E-state index in [1.165, 1.54) is 24.3 Å². The number of sulfonamides is 1. The molecule has 2 aromatic carbocycles. The first-order valence-corrected chi connectivity index (χ1v) is 10.9. The first-order valence-electron chi connectivity index (χ1n) is 6.13. The number of thiol groups is 1. The summed E-state index contributed by atoms with van der Waals surface area (Å²) in [5, 5.41) is 5.10. The molecule has 0 bridgehead atoms. The van der Waals surface area contributed by atoms with Gasteiger partial charge in [0.25, 0.3) is 0 Å². The summed E-state index contributed by atoms with van der Waals surface area (Å²) in [6, 6.07) is 7.60. The lowest BCUT2D eigenvalue weighted by atomic mass is 10.1. The maximum atomic E-state index is 11.8. The first kappa shape index (κ1) is 17.4. The Hall–Kier alpha value is -1.44. The summed E-state index contributed by atoms with van der Waals surface area (Å²) in [7, 11) is -12.8. The van der Waals surface area contributed by atoms with E-state index in [0.29, 0.717) is 5.56 Å². The van der Waals surface area contributed by atoms with Crippen molar-refractivity contribution in [2.45, 2.75) is 19.6 Å². The van der Waals surface area contributed by atoms with E-state index in [9.17, 15) is 25.3 Å². The molecule has 1 heterocycles. The lowest BCUT2D eigenvalue weighted by Crippen LogP contribution is -2.13. The van der Waals surface area contributed by atoms with Gasteiger partial charge in [-0.15, -0.1) is 16.3 Å². The largest absolute Gasteiger partial charge is 0.313 e. The Bertz CT molecular complexity index is 1180. The molecule has 2 aromatic rings. The third-order valence-corrected chi connectivity index (χ3v) is 8.09. The van der Waals surface area contributed by atoms with Crippen LogP contribution in [0.2, 0.25) is 0 Å². The molecule has 2 N–H and O–H groups in total. The van der Waals surface area contributed by atoms with Gasteiger partial charge in [0.1, 0.15) is 9.79 Å². The van der Waals surface area contributed by atoms with Gasteiger partial charge in [-0.25, -0.2) is 13.6 Å². The Morgan fingerprint density at radius 2 is 1.42 bits per heavy atom. The normalized spacial score (nSPS) is 18.2. The second kappa shape index (κ2) is 5.28. The summed E-state index contributed by atoms with van der Waals surface area (Å²) in [5.41, 5.74) is 0.593. The number of hydrogen-bond donors (Lipinski definition) is 2. The summed E-state index contributed by atoms with van der Waals surface area (Å²) in [6.45, 7) is 0. The molecule has 0 saturated carbocycles. The fraction of sp³-hybridized carbons (Fsp3) is 0. The second-order valence-corrected chi connectivity index (χ2v) is 10.1. The Morgan fingerprint density at radius 1 is 0.875 bits per heavy atom. The number of hydrogen-bond acceptors (Lipinski definition) is 8. The molecule has 1 aliphatic heterocycles. The van der Waals surface area contributed by atoms with Crippen LogP contribution in [0.15, 0.2) is 56.0 Å². The monoisotopic (exact) mass is 407 g/mol. The highest BCUT2D eigenvalue weighted by molar-refractivity contribution is 8.02. The number of nitrogens with two attached hydrogens (primary N) is 1. The highest BCUT2D eigenvalue weighted by Gasteiger charge is 2.40. The molecule has 8 nitrogen and oxygen atoms in total. The average molecular weight is 407 g/mol. The lowest BCUT2D eigenvalue weighted by Gasteiger charge is -2.07. The summed E-state index contributed by atoms with van der Waals surface area (Å²) >= 11 is 4.01. The van der Waals surface area contributed by atoms with Gasteiger partial charge in [0, 0.05) is 4.90 Å². The van der Waals surface area contributed by atoms with Crippen molar-refractivity contribution < 1.29 is 28.9 Å². The summed E-state index contributed by atoms with van der Waals surface area (Å²) in [5.74, 6) is 0. The topological polar surface area (TPSA) is 138 Å². The van der Waals surface area contributed by atoms with Crippen LogP contribution in [-0.4, -0.2) is 25.3 Å². The fourth-order valence-electron chi connectivity index (χ4n) is 2.20. The van der Waals surface area contributed by atoms with Crippen LogP contribution in [0.1, 0.15) is 0 Å². The van der Waals surface area contributed by atoms with Gasteiger partial charge in [-0.2, -0.15) is 16.8 Å². The van der Waals surface area contributed by atoms with Gasteiger partial charge in [0.05, 0.1) is 4.90 Å². The van der Waals surface area contributed by atoms with Crippen LogP contribution >= 0.6 is 12.6 Å². The van der Waals surface area contributed by atoms with Crippen LogP contribution in [0, 0.1) is 0 Å². The highest BCUT2D eigenvalue weighted by atomic mass is 32.3. The Labute approximate surface area is 144 Å². The third-order valence-electron chi connectivity index (χ3n) is 3.26. The maximum Gasteiger partial charge on any atom is 0.313 e. The second-order valence-electron chi connectivity index (χ2n) is 4.87. The van der Waals surface area contributed by atoms with Crippen molar-refractivity contribution >= 4 is 42.9 Å². The van der Waals surface area contributed by atoms with Crippen molar-refractivity contribution in [1.29, 1.82) is 0 Å². The minimum absolute atomic E-state index is 0.126. The summed E-state index contributed by atoms with van der Waals surface area (Å²) in [6.07, 6.45) is 0. The van der Waals surface area contributed by atoms with Crippen LogP contribution < -0.4 is 5.14 Å². The van der Waals surface area contributed by atoms with Crippen LogP contribution in [0.4, 0.5) is 0 Å². The van der Waals surface area contributed by atoms with Gasteiger partial charge in [0.15, 0.2) is 0 Å². The van der Waals surface area contributed by atoms with E-state index in [4.69, 9.17) is 5.14 Å². The van der Waals surface area contributed by atoms with E-state index < -0.39 is 40.1 Å². The van der Waals surface area contributed by atoms with Gasteiger partial charge >= 0.3 is 20.2 Å². The van der Waals surface area contributed by atoms with Crippen molar-refractivity contribution in [3.05, 3.63) is 36.4 Å².